The minimum atomic E-state index is -4.56. The Morgan fingerprint density at radius 3 is 2.56 bits per heavy atom. The summed E-state index contributed by atoms with van der Waals surface area (Å²) in [5.74, 6) is -2.55. The van der Waals surface area contributed by atoms with E-state index in [1.807, 2.05) is 0 Å². The summed E-state index contributed by atoms with van der Waals surface area (Å²) in [6, 6.07) is 1.50. The molecule has 11 heteroatoms. The Bertz CT molecular complexity index is 846. The molecule has 2 rings (SSSR count). The zero-order valence-electron chi connectivity index (χ0n) is 14.4. The number of anilines is 1. The Labute approximate surface area is 151 Å². The van der Waals surface area contributed by atoms with E-state index in [0.29, 0.717) is 5.56 Å². The number of alkyl halides is 3. The van der Waals surface area contributed by atoms with E-state index >= 15 is 0 Å². The summed E-state index contributed by atoms with van der Waals surface area (Å²) >= 11 is 0. The predicted molar refractivity (Wildman–Crippen MR) is 89.4 cm³/mol. The zero-order chi connectivity index (χ0) is 20.2. The maximum absolute atomic E-state index is 14.1. The van der Waals surface area contributed by atoms with Crippen LogP contribution in [0.5, 0.6) is 0 Å². The lowest BCUT2D eigenvalue weighted by atomic mass is 10.0. The number of carbonyl (C=O) groups is 1. The fourth-order valence-electron chi connectivity index (χ4n) is 2.14. The third-order valence-electron chi connectivity index (χ3n) is 3.49. The second kappa shape index (κ2) is 8.14. The molecule has 1 atom stereocenters. The summed E-state index contributed by atoms with van der Waals surface area (Å²) < 4.78 is 51.0. The van der Waals surface area contributed by atoms with Crippen LogP contribution in [0.15, 0.2) is 29.3 Å². The fraction of sp³-hybridized carbons (Fsp3) is 0.375. The second-order valence-corrected chi connectivity index (χ2v) is 6.03. The molecule has 0 saturated heterocycles. The van der Waals surface area contributed by atoms with Gasteiger partial charge in [0.25, 0.3) is 0 Å². The van der Waals surface area contributed by atoms with Crippen molar-refractivity contribution in [2.24, 2.45) is 5.92 Å². The van der Waals surface area contributed by atoms with E-state index in [2.05, 4.69) is 20.3 Å². The third-order valence-corrected chi connectivity index (χ3v) is 3.49. The number of halogens is 4. The number of amides is 1. The van der Waals surface area contributed by atoms with Gasteiger partial charge >= 0.3 is 6.18 Å². The molecule has 0 aromatic carbocycles. The largest absolute Gasteiger partial charge is 0.405 e. The molecule has 0 aliphatic heterocycles. The molecular weight excluding hydrogens is 370 g/mol. The summed E-state index contributed by atoms with van der Waals surface area (Å²) in [6.07, 6.45) is -2.37. The van der Waals surface area contributed by atoms with Gasteiger partial charge in [-0.25, -0.2) is 14.4 Å². The van der Waals surface area contributed by atoms with E-state index in [0.717, 1.165) is 6.20 Å². The summed E-state index contributed by atoms with van der Waals surface area (Å²) in [4.78, 5) is 33.4. The smallest absolute Gasteiger partial charge is 0.356 e. The number of H-pyrrole nitrogens is 1. The lowest BCUT2D eigenvalue weighted by molar-refractivity contribution is -0.139. The number of nitrogens with zero attached hydrogens (tertiary/aromatic N) is 2. The molecular formula is C16H17F4N5O2. The zero-order valence-corrected chi connectivity index (χ0v) is 14.4. The van der Waals surface area contributed by atoms with Gasteiger partial charge in [-0.05, 0) is 12.0 Å². The maximum atomic E-state index is 14.1. The molecule has 0 aliphatic rings. The molecule has 2 aromatic rings. The molecule has 0 fully saturated rings. The van der Waals surface area contributed by atoms with E-state index in [4.69, 9.17) is 0 Å². The number of hydrogen-bond acceptors (Lipinski definition) is 5. The van der Waals surface area contributed by atoms with Crippen molar-refractivity contribution in [3.8, 4) is 11.4 Å². The van der Waals surface area contributed by atoms with E-state index in [1.165, 1.54) is 18.3 Å². The van der Waals surface area contributed by atoms with Crippen LogP contribution in [0.2, 0.25) is 0 Å². The molecule has 0 spiro atoms. The van der Waals surface area contributed by atoms with Gasteiger partial charge in [0.2, 0.25) is 11.5 Å². The van der Waals surface area contributed by atoms with Crippen LogP contribution in [-0.2, 0) is 4.79 Å². The van der Waals surface area contributed by atoms with Crippen LogP contribution >= 0.6 is 0 Å². The van der Waals surface area contributed by atoms with Crippen molar-refractivity contribution in [3.63, 3.8) is 0 Å². The number of hydrogen-bond donors (Lipinski definition) is 3. The first-order chi connectivity index (χ1) is 12.6. The van der Waals surface area contributed by atoms with Crippen LogP contribution < -0.4 is 16.2 Å². The number of rotatable bonds is 6. The van der Waals surface area contributed by atoms with E-state index < -0.39 is 36.4 Å². The van der Waals surface area contributed by atoms with Gasteiger partial charge in [0.05, 0.1) is 6.20 Å². The Kier molecular flexibility index (Phi) is 6.13. The van der Waals surface area contributed by atoms with Crippen molar-refractivity contribution >= 4 is 11.7 Å². The molecule has 2 heterocycles. The summed E-state index contributed by atoms with van der Waals surface area (Å²) in [5, 5.41) is 4.29. The highest BCUT2D eigenvalue weighted by Gasteiger charge is 2.31. The second-order valence-electron chi connectivity index (χ2n) is 6.03. The highest BCUT2D eigenvalue weighted by molar-refractivity contribution is 5.84. The van der Waals surface area contributed by atoms with Crippen LogP contribution in [0.4, 0.5) is 23.4 Å². The molecule has 2 aromatic heterocycles. The van der Waals surface area contributed by atoms with Gasteiger partial charge in [-0.2, -0.15) is 13.2 Å². The standard InChI is InChI=1S/C16H17F4N5O2/c1-8(2)12(15(27)23-7-16(18,19)20)24-14-10(17)6-22-13(25-14)9-3-4-11(26)21-5-9/h3-6,8,12H,7H2,1-2H3,(H,21,26)(H,23,27)(H,22,24,25)/t12-/m1/s1. The molecule has 0 bridgehead atoms. The van der Waals surface area contributed by atoms with Crippen molar-refractivity contribution in [1.29, 1.82) is 0 Å². The maximum Gasteiger partial charge on any atom is 0.405 e. The minimum absolute atomic E-state index is 0.0633. The summed E-state index contributed by atoms with van der Waals surface area (Å²) in [7, 11) is 0. The third kappa shape index (κ3) is 5.76. The highest BCUT2D eigenvalue weighted by Crippen LogP contribution is 2.20. The molecule has 3 N–H and O–H groups in total. The first-order valence-electron chi connectivity index (χ1n) is 7.89. The molecule has 27 heavy (non-hydrogen) atoms. The first kappa shape index (κ1) is 20.3. The Morgan fingerprint density at radius 2 is 2.00 bits per heavy atom. The van der Waals surface area contributed by atoms with E-state index in [-0.39, 0.29) is 17.2 Å². The highest BCUT2D eigenvalue weighted by atomic mass is 19.4. The van der Waals surface area contributed by atoms with Gasteiger partial charge in [0.1, 0.15) is 12.6 Å². The quantitative estimate of drug-likeness (QED) is 0.659. The SMILES string of the molecule is CC(C)[C@@H](Nc1nc(-c2ccc(=O)[nH]c2)ncc1F)C(=O)NCC(F)(F)F. The van der Waals surface area contributed by atoms with Gasteiger partial charge in [0, 0.05) is 17.8 Å². The normalized spacial score (nSPS) is 12.7. The topological polar surface area (TPSA) is 99.8 Å². The van der Waals surface area contributed by atoms with Crippen LogP contribution in [-0.4, -0.2) is 39.6 Å². The first-order valence-corrected chi connectivity index (χ1v) is 7.89. The Balaban J connectivity index is 2.24. The van der Waals surface area contributed by atoms with Crippen LogP contribution in [0.1, 0.15) is 13.8 Å². The van der Waals surface area contributed by atoms with Crippen LogP contribution in [0.25, 0.3) is 11.4 Å². The number of aromatic amines is 1. The van der Waals surface area contributed by atoms with Gasteiger partial charge in [0.15, 0.2) is 17.5 Å². The van der Waals surface area contributed by atoms with Crippen molar-refractivity contribution in [2.75, 3.05) is 11.9 Å². The van der Waals surface area contributed by atoms with Gasteiger partial charge in [-0.3, -0.25) is 9.59 Å². The monoisotopic (exact) mass is 387 g/mol. The molecule has 0 radical (unpaired) electrons. The van der Waals surface area contributed by atoms with E-state index in [1.54, 1.807) is 19.2 Å². The Hall–Kier alpha value is -2.98. The summed E-state index contributed by atoms with van der Waals surface area (Å²) in [6.45, 7) is 1.69. The predicted octanol–water partition coefficient (Wildman–Crippen LogP) is 2.09. The van der Waals surface area contributed by atoms with E-state index in [9.17, 15) is 27.2 Å². The van der Waals surface area contributed by atoms with Crippen molar-refractivity contribution < 1.29 is 22.4 Å². The van der Waals surface area contributed by atoms with Crippen LogP contribution in [0.3, 0.4) is 0 Å². The lowest BCUT2D eigenvalue weighted by Crippen LogP contribution is -2.46. The summed E-state index contributed by atoms with van der Waals surface area (Å²) in [5.41, 5.74) is 0.0423. The molecule has 0 aliphatic carbocycles. The molecule has 7 nitrogen and oxygen atoms in total. The molecule has 0 saturated carbocycles. The minimum Gasteiger partial charge on any atom is -0.356 e. The van der Waals surface area contributed by atoms with Crippen molar-refractivity contribution in [2.45, 2.75) is 26.1 Å². The number of aromatic nitrogens is 3. The number of nitrogens with one attached hydrogen (secondary N) is 3. The van der Waals surface area contributed by atoms with Gasteiger partial charge < -0.3 is 15.6 Å². The molecule has 1 amide bonds. The van der Waals surface area contributed by atoms with Crippen molar-refractivity contribution in [1.82, 2.24) is 20.3 Å². The average Bonchev–Trinajstić information content (AvgIpc) is 2.59. The number of pyridine rings is 1. The number of carbonyl (C=O) groups excluding carboxylic acids is 1. The van der Waals surface area contributed by atoms with Crippen molar-refractivity contribution in [3.05, 3.63) is 40.7 Å². The Morgan fingerprint density at radius 1 is 1.30 bits per heavy atom. The lowest BCUT2D eigenvalue weighted by Gasteiger charge is -2.23. The molecule has 0 unspecified atom stereocenters. The molecule has 146 valence electrons. The fourth-order valence-corrected chi connectivity index (χ4v) is 2.14. The van der Waals surface area contributed by atoms with Gasteiger partial charge in [-0.1, -0.05) is 13.8 Å². The average molecular weight is 387 g/mol. The van der Waals surface area contributed by atoms with Gasteiger partial charge in [-0.15, -0.1) is 0 Å². The van der Waals surface area contributed by atoms with Crippen LogP contribution in [0, 0.1) is 11.7 Å².